The number of hydrogen-bond acceptors (Lipinski definition) is 6. The van der Waals surface area contributed by atoms with Gasteiger partial charge in [0.2, 0.25) is 5.91 Å². The average Bonchev–Trinajstić information content (AvgIpc) is 2.82. The molecule has 2 aromatic carbocycles. The molecule has 9 heteroatoms. The predicted octanol–water partition coefficient (Wildman–Crippen LogP) is 3.41. The Morgan fingerprint density at radius 1 is 1.18 bits per heavy atom. The molecular formula is C24H27FN4O4. The fraction of sp³-hybridized carbons (Fsp3) is 0.333. The molecule has 0 aliphatic heterocycles. The van der Waals surface area contributed by atoms with Crippen LogP contribution >= 0.6 is 0 Å². The number of H-pyrrole nitrogens is 1. The number of aryl methyl sites for hydroxylation is 1. The molecule has 0 saturated heterocycles. The predicted molar refractivity (Wildman–Crippen MR) is 122 cm³/mol. The van der Waals surface area contributed by atoms with Crippen LogP contribution in [0, 0.1) is 5.82 Å². The van der Waals surface area contributed by atoms with E-state index in [4.69, 9.17) is 9.47 Å². The first kappa shape index (κ1) is 23.9. The van der Waals surface area contributed by atoms with E-state index in [-0.39, 0.29) is 48.7 Å². The lowest BCUT2D eigenvalue weighted by atomic mass is 10.1. The third kappa shape index (κ3) is 6.38. The molecule has 8 nitrogen and oxygen atoms in total. The van der Waals surface area contributed by atoms with Gasteiger partial charge in [-0.25, -0.2) is 4.39 Å². The van der Waals surface area contributed by atoms with Gasteiger partial charge in [0.15, 0.2) is 17.3 Å². The Balaban J connectivity index is 1.70. The summed E-state index contributed by atoms with van der Waals surface area (Å²) < 4.78 is 24.9. The minimum Gasteiger partial charge on any atom is -0.493 e. The molecule has 0 aliphatic rings. The van der Waals surface area contributed by atoms with Gasteiger partial charge in [-0.15, -0.1) is 10.2 Å². The molecule has 0 saturated carbocycles. The second-order valence-electron chi connectivity index (χ2n) is 7.57. The Morgan fingerprint density at radius 2 is 1.97 bits per heavy atom. The SMILES string of the molecule is CC[C@H](C)NC(=O)CCc1nnc(-c2ccc(OCc3ccccc3F)c(OC)c2)[nH]c1=O. The molecule has 3 aromatic rings. The van der Waals surface area contributed by atoms with Crippen LogP contribution in [-0.2, 0) is 17.8 Å². The van der Waals surface area contributed by atoms with Crippen molar-refractivity contribution in [1.29, 1.82) is 0 Å². The van der Waals surface area contributed by atoms with Crippen LogP contribution in [0.2, 0.25) is 0 Å². The maximum Gasteiger partial charge on any atom is 0.273 e. The Hall–Kier alpha value is -3.75. The van der Waals surface area contributed by atoms with E-state index in [0.29, 0.717) is 22.6 Å². The van der Waals surface area contributed by atoms with Gasteiger partial charge in [0, 0.05) is 30.0 Å². The van der Waals surface area contributed by atoms with E-state index in [1.807, 2.05) is 13.8 Å². The van der Waals surface area contributed by atoms with Gasteiger partial charge >= 0.3 is 0 Å². The highest BCUT2D eigenvalue weighted by Crippen LogP contribution is 2.31. The molecule has 3 rings (SSSR count). The third-order valence-corrected chi connectivity index (χ3v) is 5.15. The van der Waals surface area contributed by atoms with E-state index in [1.54, 1.807) is 36.4 Å². The summed E-state index contributed by atoms with van der Waals surface area (Å²) in [4.78, 5) is 27.1. The Morgan fingerprint density at radius 3 is 2.67 bits per heavy atom. The summed E-state index contributed by atoms with van der Waals surface area (Å²) in [6.07, 6.45) is 1.18. The highest BCUT2D eigenvalue weighted by Gasteiger charge is 2.13. The number of benzene rings is 2. The summed E-state index contributed by atoms with van der Waals surface area (Å²) in [7, 11) is 1.48. The number of nitrogens with one attached hydrogen (secondary N) is 2. The number of ether oxygens (including phenoxy) is 2. The van der Waals surface area contributed by atoms with Gasteiger partial charge in [0.1, 0.15) is 18.1 Å². The zero-order valence-electron chi connectivity index (χ0n) is 18.9. The van der Waals surface area contributed by atoms with Crippen LogP contribution in [-0.4, -0.2) is 34.2 Å². The molecule has 33 heavy (non-hydrogen) atoms. The topological polar surface area (TPSA) is 106 Å². The number of aromatic nitrogens is 3. The highest BCUT2D eigenvalue weighted by molar-refractivity contribution is 5.76. The lowest BCUT2D eigenvalue weighted by Crippen LogP contribution is -2.32. The summed E-state index contributed by atoms with van der Waals surface area (Å²) in [5.41, 5.74) is 0.771. The maximum absolute atomic E-state index is 13.8. The molecular weight excluding hydrogens is 427 g/mol. The molecule has 0 bridgehead atoms. The van der Waals surface area contributed by atoms with Gasteiger partial charge in [-0.3, -0.25) is 9.59 Å². The number of aromatic amines is 1. The Bertz CT molecular complexity index is 1170. The van der Waals surface area contributed by atoms with E-state index in [1.165, 1.54) is 13.2 Å². The first-order valence-corrected chi connectivity index (χ1v) is 10.7. The summed E-state index contributed by atoms with van der Waals surface area (Å²) in [5, 5.41) is 10.9. The molecule has 0 unspecified atom stereocenters. The molecule has 2 N–H and O–H groups in total. The van der Waals surface area contributed by atoms with Crippen molar-refractivity contribution in [2.75, 3.05) is 7.11 Å². The van der Waals surface area contributed by atoms with Crippen molar-refractivity contribution < 1.29 is 18.7 Å². The Labute approximate surface area is 191 Å². The van der Waals surface area contributed by atoms with Gasteiger partial charge in [-0.05, 0) is 37.6 Å². The molecule has 1 atom stereocenters. The van der Waals surface area contributed by atoms with Crippen molar-refractivity contribution in [3.05, 3.63) is 69.9 Å². The molecule has 1 aromatic heterocycles. The molecule has 1 amide bonds. The highest BCUT2D eigenvalue weighted by atomic mass is 19.1. The van der Waals surface area contributed by atoms with E-state index in [9.17, 15) is 14.0 Å². The van der Waals surface area contributed by atoms with Crippen molar-refractivity contribution in [3.63, 3.8) is 0 Å². The molecule has 1 heterocycles. The van der Waals surface area contributed by atoms with Crippen molar-refractivity contribution in [3.8, 4) is 22.9 Å². The zero-order chi connectivity index (χ0) is 23.8. The van der Waals surface area contributed by atoms with Crippen molar-refractivity contribution >= 4 is 5.91 Å². The summed E-state index contributed by atoms with van der Waals surface area (Å²) >= 11 is 0. The van der Waals surface area contributed by atoms with Crippen LogP contribution in [0.25, 0.3) is 11.4 Å². The fourth-order valence-electron chi connectivity index (χ4n) is 3.04. The third-order valence-electron chi connectivity index (χ3n) is 5.15. The monoisotopic (exact) mass is 454 g/mol. The van der Waals surface area contributed by atoms with E-state index in [0.717, 1.165) is 6.42 Å². The van der Waals surface area contributed by atoms with Gasteiger partial charge in [0.05, 0.1) is 7.11 Å². The number of halogens is 1. The quantitative estimate of drug-likeness (QED) is 0.486. The molecule has 174 valence electrons. The Kier molecular flexibility index (Phi) is 8.12. The van der Waals surface area contributed by atoms with E-state index >= 15 is 0 Å². The lowest BCUT2D eigenvalue weighted by molar-refractivity contribution is -0.121. The maximum atomic E-state index is 13.8. The number of carbonyl (C=O) groups is 1. The smallest absolute Gasteiger partial charge is 0.273 e. The van der Waals surface area contributed by atoms with Crippen molar-refractivity contribution in [2.24, 2.45) is 0 Å². The van der Waals surface area contributed by atoms with Crippen LogP contribution < -0.4 is 20.3 Å². The van der Waals surface area contributed by atoms with E-state index < -0.39 is 5.56 Å². The second-order valence-corrected chi connectivity index (χ2v) is 7.57. The number of hydrogen-bond donors (Lipinski definition) is 2. The second kappa shape index (κ2) is 11.2. The average molecular weight is 455 g/mol. The number of carbonyl (C=O) groups excluding carboxylic acids is 1. The van der Waals surface area contributed by atoms with Crippen LogP contribution in [0.3, 0.4) is 0 Å². The largest absolute Gasteiger partial charge is 0.493 e. The number of amides is 1. The first-order valence-electron chi connectivity index (χ1n) is 10.7. The van der Waals surface area contributed by atoms with Crippen LogP contribution in [0.5, 0.6) is 11.5 Å². The van der Waals surface area contributed by atoms with Crippen molar-refractivity contribution in [2.45, 2.75) is 45.8 Å². The molecule has 0 aliphatic carbocycles. The summed E-state index contributed by atoms with van der Waals surface area (Å²) in [6, 6.07) is 11.4. The number of nitrogens with zero attached hydrogens (tertiary/aromatic N) is 2. The number of methoxy groups -OCH3 is 1. The standard InChI is InChI=1S/C24H27FN4O4/c1-4-15(2)26-22(30)12-10-19-24(31)27-23(29-28-19)16-9-11-20(21(13-16)32-3)33-14-17-7-5-6-8-18(17)25/h5-9,11,13,15H,4,10,12,14H2,1-3H3,(H,26,30)(H,27,29,31)/t15-/m0/s1. The number of rotatable bonds is 10. The van der Waals surface area contributed by atoms with Crippen molar-refractivity contribution in [1.82, 2.24) is 20.5 Å². The molecule has 0 radical (unpaired) electrons. The lowest BCUT2D eigenvalue weighted by Gasteiger charge is -2.12. The fourth-order valence-corrected chi connectivity index (χ4v) is 3.04. The van der Waals surface area contributed by atoms with Gasteiger partial charge < -0.3 is 19.8 Å². The van der Waals surface area contributed by atoms with Gasteiger partial charge in [0.25, 0.3) is 5.56 Å². The molecule has 0 spiro atoms. The first-order chi connectivity index (χ1) is 15.9. The summed E-state index contributed by atoms with van der Waals surface area (Å²) in [5.74, 6) is 0.594. The summed E-state index contributed by atoms with van der Waals surface area (Å²) in [6.45, 7) is 3.94. The normalized spacial score (nSPS) is 11.6. The van der Waals surface area contributed by atoms with Crippen LogP contribution in [0.4, 0.5) is 4.39 Å². The molecule has 0 fully saturated rings. The zero-order valence-corrected chi connectivity index (χ0v) is 18.9. The van der Waals surface area contributed by atoms with E-state index in [2.05, 4.69) is 20.5 Å². The minimum atomic E-state index is -0.407. The van der Waals surface area contributed by atoms with Crippen LogP contribution in [0.1, 0.15) is 37.9 Å². The van der Waals surface area contributed by atoms with Gasteiger partial charge in [-0.2, -0.15) is 0 Å². The van der Waals surface area contributed by atoms with Crippen LogP contribution in [0.15, 0.2) is 47.3 Å². The minimum absolute atomic E-state index is 0.0400. The van der Waals surface area contributed by atoms with Gasteiger partial charge in [-0.1, -0.05) is 25.1 Å².